The van der Waals surface area contributed by atoms with E-state index in [1.807, 2.05) is 60.3 Å². The molecule has 7 heterocycles. The minimum Gasteiger partial charge on any atom is -0.394 e. The Labute approximate surface area is 511 Å². The number of fused-ring (bicyclic) bond motifs is 6. The van der Waals surface area contributed by atoms with E-state index < -0.39 is 90.8 Å². The van der Waals surface area contributed by atoms with E-state index in [-0.39, 0.29) is 94.8 Å². The van der Waals surface area contributed by atoms with E-state index in [9.17, 15) is 48.3 Å². The minimum atomic E-state index is -1.57. The molecule has 88 heavy (non-hydrogen) atoms. The van der Waals surface area contributed by atoms with Gasteiger partial charge in [0.25, 0.3) is 0 Å². The van der Waals surface area contributed by atoms with E-state index >= 15 is 0 Å². The number of primary amides is 1. The van der Waals surface area contributed by atoms with E-state index in [0.717, 1.165) is 46.8 Å². The molecule has 10 amide bonds. The zero-order valence-electron chi connectivity index (χ0n) is 48.9. The van der Waals surface area contributed by atoms with Crippen molar-refractivity contribution >= 4 is 86.9 Å². The summed E-state index contributed by atoms with van der Waals surface area (Å²) < 4.78 is 18.2. The van der Waals surface area contributed by atoms with Gasteiger partial charge in [-0.1, -0.05) is 48.0 Å². The van der Waals surface area contributed by atoms with Crippen LogP contribution in [0, 0.1) is 0 Å². The molecule has 28 nitrogen and oxygen atoms in total. The molecule has 4 aliphatic heterocycles. The lowest BCUT2D eigenvalue weighted by molar-refractivity contribution is -0.143. The second-order valence-corrected chi connectivity index (χ2v) is 23.7. The van der Waals surface area contributed by atoms with Gasteiger partial charge in [-0.3, -0.25) is 43.0 Å². The van der Waals surface area contributed by atoms with Crippen molar-refractivity contribution in [3.05, 3.63) is 83.9 Å². The fourth-order valence-corrected chi connectivity index (χ4v) is 13.1. The van der Waals surface area contributed by atoms with Crippen LogP contribution >= 0.6 is 11.8 Å². The third-order valence-electron chi connectivity index (χ3n) is 16.2. The summed E-state index contributed by atoms with van der Waals surface area (Å²) in [5.41, 5.74) is 9.11. The van der Waals surface area contributed by atoms with E-state index in [0.29, 0.717) is 61.8 Å². The second-order valence-electron chi connectivity index (χ2n) is 22.4. The van der Waals surface area contributed by atoms with Crippen molar-refractivity contribution in [3.63, 3.8) is 0 Å². The number of rotatable bonds is 23. The molecule has 0 radical (unpaired) electrons. The number of nitrogens with two attached hydrogens (primary N) is 1. The first-order valence-corrected chi connectivity index (χ1v) is 31.1. The zero-order chi connectivity index (χ0) is 61.9. The molecule has 13 N–H and O–H groups in total. The predicted molar refractivity (Wildman–Crippen MR) is 322 cm³/mol. The molecule has 5 aromatic rings. The molecule has 9 atom stereocenters. The fraction of sp³-hybridized carbons (Fsp3) is 0.542. The molecular formula is C59H79N15O13S. The fourth-order valence-electron chi connectivity index (χ4n) is 11.6. The zero-order valence-corrected chi connectivity index (χ0v) is 49.7. The number of unbranched alkanes of at least 4 members (excludes halogenated alkanes) is 1. The lowest BCUT2D eigenvalue weighted by Crippen LogP contribution is -2.60. The summed E-state index contributed by atoms with van der Waals surface area (Å²) in [7, 11) is 0. The van der Waals surface area contributed by atoms with Gasteiger partial charge in [-0.25, -0.2) is 4.79 Å². The summed E-state index contributed by atoms with van der Waals surface area (Å²) >= 11 is 1.85. The lowest BCUT2D eigenvalue weighted by Gasteiger charge is -2.30. The predicted octanol–water partition coefficient (Wildman–Crippen LogP) is -0.763. The Balaban J connectivity index is 0.805. The van der Waals surface area contributed by atoms with E-state index in [1.165, 1.54) is 9.58 Å². The van der Waals surface area contributed by atoms with Gasteiger partial charge in [0.05, 0.1) is 57.4 Å². The number of carbonyl (C=O) groups is 9. The van der Waals surface area contributed by atoms with Crippen molar-refractivity contribution in [2.24, 2.45) is 5.73 Å². The quantitative estimate of drug-likeness (QED) is 0.0282. The number of aromatic nitrogens is 5. The number of benzene rings is 2. The highest BCUT2D eigenvalue weighted by molar-refractivity contribution is 8.00. The van der Waals surface area contributed by atoms with Crippen LogP contribution < -0.4 is 48.3 Å². The van der Waals surface area contributed by atoms with E-state index in [4.69, 9.17) is 19.9 Å². The van der Waals surface area contributed by atoms with Gasteiger partial charge in [-0.05, 0) is 68.2 Å². The number of aliphatic hydroxyl groups is 1. The molecule has 474 valence electrons. The number of nitrogens with one attached hydrogen (secondary N) is 10. The molecule has 0 aliphatic carbocycles. The maximum atomic E-state index is 14.8. The third-order valence-corrected chi connectivity index (χ3v) is 17.7. The number of aromatic amines is 2. The Morgan fingerprint density at radius 2 is 1.36 bits per heavy atom. The van der Waals surface area contributed by atoms with Crippen molar-refractivity contribution in [2.75, 3.05) is 65.1 Å². The van der Waals surface area contributed by atoms with Crippen molar-refractivity contribution < 1.29 is 62.5 Å². The normalized spacial score (nSPS) is 24.1. The topological polar surface area (TPSA) is 389 Å². The smallest absolute Gasteiger partial charge is 0.315 e. The lowest BCUT2D eigenvalue weighted by atomic mass is 10.0. The summed E-state index contributed by atoms with van der Waals surface area (Å²) in [6, 6.07) is 7.28. The first-order chi connectivity index (χ1) is 42.7. The molecule has 2 bridgehead atoms. The number of hydrogen-bond acceptors (Lipinski definition) is 16. The first-order valence-electron chi connectivity index (χ1n) is 30.1. The number of ether oxygens (including phenoxy) is 3. The molecule has 3 aromatic heterocycles. The van der Waals surface area contributed by atoms with Gasteiger partial charge in [0, 0.05) is 96.7 Å². The average molecular weight is 1240 g/mol. The molecule has 9 rings (SSSR count). The van der Waals surface area contributed by atoms with E-state index in [1.54, 1.807) is 18.6 Å². The second kappa shape index (κ2) is 31.7. The van der Waals surface area contributed by atoms with Crippen LogP contribution in [0.3, 0.4) is 0 Å². The van der Waals surface area contributed by atoms with Crippen molar-refractivity contribution in [1.82, 2.24) is 72.4 Å². The largest absolute Gasteiger partial charge is 0.394 e. The Morgan fingerprint density at radius 3 is 2.07 bits per heavy atom. The number of carbonyl (C=O) groups excluding carboxylic acids is 9. The number of nitrogens with zero attached hydrogens (tertiary/aromatic N) is 4. The number of H-pyrrole nitrogens is 2. The average Bonchev–Trinajstić information content (AvgIpc) is 3.68. The molecule has 4 aliphatic rings. The van der Waals surface area contributed by atoms with Crippen LogP contribution in [-0.4, -0.2) is 207 Å². The summed E-state index contributed by atoms with van der Waals surface area (Å²) in [5.74, 6) is -4.39. The van der Waals surface area contributed by atoms with Gasteiger partial charge >= 0.3 is 6.03 Å². The molecule has 1 unspecified atom stereocenters. The standard InChI is InChI=1S/C59H79N15O13S/c60-53(78)42-14-7-8-19-73-31-37(71-72-73)28-45(64-51(77)33-87-25-24-86-23-22-85-21-18-61-50(76)17-6-5-16-49-52-47(34-88-49)69-59(84)70-52)56(81)68-46(32-75)58(83)74-20-9-15-48(74)57(82)67-44(27-36-30-63-41-13-4-2-11-39(36)41)55(80)66-43(54(79)65-42)26-35-29-62-40-12-3-1-10-38(35)40/h1-4,10-13,29-31,42-49,52,62-63,75H,5-9,14-28,32-34H2,(H2,60,78)(H,61,76)(H,64,77)(H,65,79)(H,66,80)(H,67,82)(H,68,81)(H2,69,70,84)/t42-,43+,44+,45-,46+,47-,48+,49?,52-/m0/s1. The Bertz CT molecular complexity index is 3250. The van der Waals surface area contributed by atoms with Crippen LogP contribution in [0.25, 0.3) is 21.8 Å². The van der Waals surface area contributed by atoms with Gasteiger partial charge in [0.1, 0.15) is 42.9 Å². The highest BCUT2D eigenvalue weighted by atomic mass is 32.2. The Kier molecular flexibility index (Phi) is 23.2. The summed E-state index contributed by atoms with van der Waals surface area (Å²) in [4.78, 5) is 130. The Morgan fingerprint density at radius 1 is 0.705 bits per heavy atom. The maximum absolute atomic E-state index is 14.8. The minimum absolute atomic E-state index is 0.0137. The highest BCUT2D eigenvalue weighted by Gasteiger charge is 2.43. The van der Waals surface area contributed by atoms with Gasteiger partial charge < -0.3 is 82.5 Å². The summed E-state index contributed by atoms with van der Waals surface area (Å²) in [5, 5.41) is 43.6. The molecule has 29 heteroatoms. The number of thioether (sulfide) groups is 1. The maximum Gasteiger partial charge on any atom is 0.315 e. The van der Waals surface area contributed by atoms with Crippen molar-refractivity contribution in [3.8, 4) is 0 Å². The first kappa shape index (κ1) is 64.4. The van der Waals surface area contributed by atoms with Crippen LogP contribution in [-0.2, 0) is 78.4 Å². The summed E-state index contributed by atoms with van der Waals surface area (Å²) in [6.07, 6.45) is 9.23. The number of aliphatic hydroxyl groups excluding tert-OH is 1. The van der Waals surface area contributed by atoms with Gasteiger partial charge in [0.2, 0.25) is 47.3 Å². The van der Waals surface area contributed by atoms with Crippen LogP contribution in [0.15, 0.2) is 67.1 Å². The summed E-state index contributed by atoms with van der Waals surface area (Å²) in [6.45, 7) is 0.254. The highest BCUT2D eigenvalue weighted by Crippen LogP contribution is 2.33. The molecular weight excluding hydrogens is 1160 g/mol. The number of aryl methyl sites for hydroxylation is 1. The number of amides is 10. The van der Waals surface area contributed by atoms with Crippen LogP contribution in [0.5, 0.6) is 0 Å². The van der Waals surface area contributed by atoms with Crippen LogP contribution in [0.2, 0.25) is 0 Å². The molecule has 0 saturated carbocycles. The molecule has 0 spiro atoms. The SMILES string of the molecule is NC(=O)[C@@H]1CCCCn2cc(nn2)C[C@H](NC(=O)COCCOCCOCCNC(=O)CCCCC2SC[C@@H]3NC(=O)N[C@H]23)C(=O)N[C@H](CO)C(=O)N2CCC[C@@H]2C(=O)N[C@H](Cc2c[nH]c3ccccc23)C(=O)N[C@H](Cc2c[nH]c3ccccc23)C(=O)N1. The van der Waals surface area contributed by atoms with Crippen LogP contribution in [0.1, 0.15) is 74.6 Å². The van der Waals surface area contributed by atoms with Crippen molar-refractivity contribution in [1.29, 1.82) is 0 Å². The van der Waals surface area contributed by atoms with Gasteiger partial charge in [-0.2, -0.15) is 11.8 Å². The van der Waals surface area contributed by atoms with Crippen LogP contribution in [0.4, 0.5) is 4.79 Å². The van der Waals surface area contributed by atoms with Gasteiger partial charge in [0.15, 0.2) is 0 Å². The van der Waals surface area contributed by atoms with E-state index in [2.05, 4.69) is 62.8 Å². The number of hydrogen-bond donors (Lipinski definition) is 12. The van der Waals surface area contributed by atoms with Gasteiger partial charge in [-0.15, -0.1) is 5.10 Å². The van der Waals surface area contributed by atoms with Crippen molar-refractivity contribution in [2.45, 2.75) is 137 Å². The molecule has 3 fully saturated rings. The third kappa shape index (κ3) is 17.6. The number of para-hydroxylation sites is 2. The number of urea groups is 1. The molecule has 2 aromatic carbocycles. The molecule has 3 saturated heterocycles. The Hall–Kier alpha value is -8.12. The monoisotopic (exact) mass is 1240 g/mol.